The number of halogens is 3. The Bertz CT molecular complexity index is 455. The molecule has 1 aromatic rings. The van der Waals surface area contributed by atoms with Gasteiger partial charge in [0, 0.05) is 17.1 Å². The van der Waals surface area contributed by atoms with Crippen LogP contribution in [-0.2, 0) is 6.54 Å². The zero-order valence-corrected chi connectivity index (χ0v) is 12.4. The molecule has 18 heavy (non-hydrogen) atoms. The molecule has 0 radical (unpaired) electrons. The van der Waals surface area contributed by atoms with Crippen molar-refractivity contribution in [1.29, 1.82) is 0 Å². The standard InChI is InChI=1S/C14H16Cl3N/c15-12-5-6-13(16)14(17)11(12)9-18-8-7-10-3-1-2-4-10/h3,5-6,18H,1-2,4,7-9H2. The predicted molar refractivity (Wildman–Crippen MR) is 79.7 cm³/mol. The van der Waals surface area contributed by atoms with Crippen LogP contribution in [0.4, 0.5) is 0 Å². The minimum atomic E-state index is 0.552. The van der Waals surface area contributed by atoms with Gasteiger partial charge in [-0.25, -0.2) is 0 Å². The molecule has 0 saturated carbocycles. The van der Waals surface area contributed by atoms with Gasteiger partial charge in [-0.2, -0.15) is 0 Å². The minimum Gasteiger partial charge on any atom is -0.312 e. The maximum Gasteiger partial charge on any atom is 0.0652 e. The third-order valence-electron chi connectivity index (χ3n) is 3.20. The molecule has 4 heteroatoms. The Morgan fingerprint density at radius 1 is 1.11 bits per heavy atom. The predicted octanol–water partition coefficient (Wildman–Crippen LogP) is 5.24. The van der Waals surface area contributed by atoms with E-state index in [4.69, 9.17) is 34.8 Å². The summed E-state index contributed by atoms with van der Waals surface area (Å²) in [4.78, 5) is 0. The fourth-order valence-electron chi connectivity index (χ4n) is 2.16. The van der Waals surface area contributed by atoms with Gasteiger partial charge in [0.05, 0.1) is 10.0 Å². The highest BCUT2D eigenvalue weighted by Gasteiger charge is 2.09. The Hall–Kier alpha value is -0.210. The van der Waals surface area contributed by atoms with Crippen LogP contribution in [0.25, 0.3) is 0 Å². The van der Waals surface area contributed by atoms with Crippen molar-refractivity contribution in [2.75, 3.05) is 6.54 Å². The summed E-state index contributed by atoms with van der Waals surface area (Å²) in [6, 6.07) is 3.51. The molecule has 0 saturated heterocycles. The topological polar surface area (TPSA) is 12.0 Å². The fraction of sp³-hybridized carbons (Fsp3) is 0.429. The van der Waals surface area contributed by atoms with Gasteiger partial charge in [0.1, 0.15) is 0 Å². The van der Waals surface area contributed by atoms with Crippen LogP contribution in [0.3, 0.4) is 0 Å². The highest BCUT2D eigenvalue weighted by molar-refractivity contribution is 6.44. The number of nitrogens with one attached hydrogen (secondary N) is 1. The second kappa shape index (κ2) is 6.81. The minimum absolute atomic E-state index is 0.552. The van der Waals surface area contributed by atoms with Crippen LogP contribution in [0.5, 0.6) is 0 Å². The number of rotatable bonds is 5. The molecule has 0 fully saturated rings. The molecular formula is C14H16Cl3N. The summed E-state index contributed by atoms with van der Waals surface area (Å²) in [6.45, 7) is 1.61. The van der Waals surface area contributed by atoms with E-state index >= 15 is 0 Å². The Labute approximate surface area is 123 Å². The second-order valence-corrected chi connectivity index (χ2v) is 5.70. The summed E-state index contributed by atoms with van der Waals surface area (Å²) in [6.07, 6.45) is 7.25. The van der Waals surface area contributed by atoms with E-state index in [0.29, 0.717) is 21.6 Å². The summed E-state index contributed by atoms with van der Waals surface area (Å²) >= 11 is 18.2. The molecule has 98 valence electrons. The molecular weight excluding hydrogens is 289 g/mol. The van der Waals surface area contributed by atoms with E-state index in [9.17, 15) is 0 Å². The van der Waals surface area contributed by atoms with Gasteiger partial charge in [-0.05, 0) is 44.4 Å². The van der Waals surface area contributed by atoms with Crippen molar-refractivity contribution < 1.29 is 0 Å². The lowest BCUT2D eigenvalue weighted by Gasteiger charge is -2.10. The lowest BCUT2D eigenvalue weighted by Crippen LogP contribution is -2.15. The van der Waals surface area contributed by atoms with Gasteiger partial charge in [-0.3, -0.25) is 0 Å². The fourth-order valence-corrected chi connectivity index (χ4v) is 2.84. The van der Waals surface area contributed by atoms with E-state index < -0.39 is 0 Å². The van der Waals surface area contributed by atoms with Crippen LogP contribution < -0.4 is 5.32 Å². The van der Waals surface area contributed by atoms with Crippen LogP contribution >= 0.6 is 34.8 Å². The van der Waals surface area contributed by atoms with Crippen LogP contribution in [0.15, 0.2) is 23.8 Å². The van der Waals surface area contributed by atoms with Gasteiger partial charge in [0.25, 0.3) is 0 Å². The van der Waals surface area contributed by atoms with Gasteiger partial charge in [0.15, 0.2) is 0 Å². The van der Waals surface area contributed by atoms with E-state index in [1.165, 1.54) is 19.3 Å². The Kier molecular flexibility index (Phi) is 5.38. The molecule has 0 spiro atoms. The van der Waals surface area contributed by atoms with Crippen molar-refractivity contribution in [1.82, 2.24) is 5.32 Å². The van der Waals surface area contributed by atoms with E-state index in [2.05, 4.69) is 11.4 Å². The molecule has 0 bridgehead atoms. The van der Waals surface area contributed by atoms with Crippen molar-refractivity contribution >= 4 is 34.8 Å². The number of allylic oxidation sites excluding steroid dienone is 1. The monoisotopic (exact) mass is 303 g/mol. The van der Waals surface area contributed by atoms with Crippen molar-refractivity contribution in [2.24, 2.45) is 0 Å². The lowest BCUT2D eigenvalue weighted by molar-refractivity contribution is 0.676. The normalized spacial score (nSPS) is 14.9. The summed E-state index contributed by atoms with van der Waals surface area (Å²) in [7, 11) is 0. The number of benzene rings is 1. The van der Waals surface area contributed by atoms with E-state index in [0.717, 1.165) is 18.5 Å². The molecule has 0 aromatic heterocycles. The second-order valence-electron chi connectivity index (χ2n) is 4.50. The van der Waals surface area contributed by atoms with Crippen LogP contribution in [0.2, 0.25) is 15.1 Å². The third kappa shape index (κ3) is 3.64. The summed E-state index contributed by atoms with van der Waals surface area (Å²) in [5, 5.41) is 5.14. The lowest BCUT2D eigenvalue weighted by atomic mass is 10.1. The van der Waals surface area contributed by atoms with Crippen LogP contribution in [0.1, 0.15) is 31.2 Å². The van der Waals surface area contributed by atoms with Crippen LogP contribution in [-0.4, -0.2) is 6.54 Å². The molecule has 1 aliphatic carbocycles. The molecule has 0 atom stereocenters. The zero-order valence-electron chi connectivity index (χ0n) is 10.1. The first-order valence-electron chi connectivity index (χ1n) is 6.19. The first-order valence-corrected chi connectivity index (χ1v) is 7.33. The largest absolute Gasteiger partial charge is 0.312 e. The van der Waals surface area contributed by atoms with Crippen molar-refractivity contribution in [3.63, 3.8) is 0 Å². The number of hydrogen-bond donors (Lipinski definition) is 1. The van der Waals surface area contributed by atoms with Gasteiger partial charge < -0.3 is 5.32 Å². The highest BCUT2D eigenvalue weighted by atomic mass is 35.5. The van der Waals surface area contributed by atoms with Gasteiger partial charge in [0.2, 0.25) is 0 Å². The molecule has 1 aliphatic rings. The molecule has 1 nitrogen and oxygen atoms in total. The zero-order chi connectivity index (χ0) is 13.0. The van der Waals surface area contributed by atoms with Crippen molar-refractivity contribution in [3.05, 3.63) is 44.4 Å². The van der Waals surface area contributed by atoms with E-state index in [1.54, 1.807) is 17.7 Å². The summed E-state index contributed by atoms with van der Waals surface area (Å²) in [5.41, 5.74) is 2.44. The molecule has 0 unspecified atom stereocenters. The van der Waals surface area contributed by atoms with Gasteiger partial charge in [-0.1, -0.05) is 46.5 Å². The Morgan fingerprint density at radius 2 is 1.89 bits per heavy atom. The molecule has 1 N–H and O–H groups in total. The SMILES string of the molecule is Clc1ccc(Cl)c(CNCCC2=CCCC2)c1Cl. The maximum atomic E-state index is 6.14. The smallest absolute Gasteiger partial charge is 0.0652 e. The number of hydrogen-bond acceptors (Lipinski definition) is 1. The Balaban J connectivity index is 1.84. The maximum absolute atomic E-state index is 6.14. The molecule has 0 heterocycles. The first-order chi connectivity index (χ1) is 8.68. The average Bonchev–Trinajstić information content (AvgIpc) is 2.86. The van der Waals surface area contributed by atoms with Gasteiger partial charge >= 0.3 is 0 Å². The van der Waals surface area contributed by atoms with E-state index in [1.807, 2.05) is 0 Å². The first kappa shape index (κ1) is 14.2. The third-order valence-corrected chi connectivity index (χ3v) is 4.40. The van der Waals surface area contributed by atoms with Crippen molar-refractivity contribution in [3.8, 4) is 0 Å². The summed E-state index contributed by atoms with van der Waals surface area (Å²) < 4.78 is 0. The average molecular weight is 305 g/mol. The molecule has 1 aromatic carbocycles. The van der Waals surface area contributed by atoms with Crippen molar-refractivity contribution in [2.45, 2.75) is 32.2 Å². The molecule has 0 aliphatic heterocycles. The van der Waals surface area contributed by atoms with Crippen LogP contribution in [0, 0.1) is 0 Å². The van der Waals surface area contributed by atoms with Gasteiger partial charge in [-0.15, -0.1) is 0 Å². The van der Waals surface area contributed by atoms with E-state index in [-0.39, 0.29) is 0 Å². The summed E-state index contributed by atoms with van der Waals surface area (Å²) in [5.74, 6) is 0. The highest BCUT2D eigenvalue weighted by Crippen LogP contribution is 2.31. The quantitative estimate of drug-likeness (QED) is 0.446. The Morgan fingerprint density at radius 3 is 2.61 bits per heavy atom. The molecule has 0 amide bonds. The molecule has 2 rings (SSSR count).